The van der Waals surface area contributed by atoms with Gasteiger partial charge in [0, 0.05) is 6.54 Å². The van der Waals surface area contributed by atoms with E-state index < -0.39 is 17.7 Å². The molecule has 19 heavy (non-hydrogen) atoms. The predicted molar refractivity (Wildman–Crippen MR) is 69.0 cm³/mol. The Morgan fingerprint density at radius 3 is 2.74 bits per heavy atom. The summed E-state index contributed by atoms with van der Waals surface area (Å²) in [7, 11) is 0. The zero-order valence-corrected chi connectivity index (χ0v) is 11.5. The van der Waals surface area contributed by atoms with Crippen LogP contribution in [-0.4, -0.2) is 35.0 Å². The maximum absolute atomic E-state index is 12.2. The second kappa shape index (κ2) is 5.07. The van der Waals surface area contributed by atoms with Crippen LogP contribution in [0.25, 0.3) is 0 Å². The van der Waals surface area contributed by atoms with Gasteiger partial charge in [-0.2, -0.15) is 0 Å². The van der Waals surface area contributed by atoms with Gasteiger partial charge in [0.25, 0.3) is 0 Å². The summed E-state index contributed by atoms with van der Waals surface area (Å²) < 4.78 is 10.4. The molecule has 0 saturated carbocycles. The maximum atomic E-state index is 12.2. The molecule has 2 heterocycles. The van der Waals surface area contributed by atoms with Gasteiger partial charge in [0.15, 0.2) is 5.76 Å². The van der Waals surface area contributed by atoms with Crippen LogP contribution in [0.3, 0.4) is 0 Å². The summed E-state index contributed by atoms with van der Waals surface area (Å²) in [5.41, 5.74) is -0.558. The molecule has 1 aromatic heterocycles. The molecular weight excluding hydrogens is 246 g/mol. The van der Waals surface area contributed by atoms with Gasteiger partial charge in [-0.1, -0.05) is 0 Å². The lowest BCUT2D eigenvalue weighted by molar-refractivity contribution is 0.0219. The molecule has 0 aliphatic carbocycles. The van der Waals surface area contributed by atoms with Gasteiger partial charge >= 0.3 is 6.09 Å². The highest BCUT2D eigenvalue weighted by Gasteiger charge is 2.37. The van der Waals surface area contributed by atoms with Crippen molar-refractivity contribution in [2.24, 2.45) is 0 Å². The summed E-state index contributed by atoms with van der Waals surface area (Å²) in [6, 6.07) is 2.81. The lowest BCUT2D eigenvalue weighted by atomic mass is 10.1. The van der Waals surface area contributed by atoms with E-state index in [4.69, 9.17) is 9.15 Å². The van der Waals surface area contributed by atoms with Gasteiger partial charge in [0.1, 0.15) is 11.6 Å². The minimum Gasteiger partial charge on any atom is -0.461 e. The standard InChI is InChI=1S/C14H19NO4/c1-14(2,3)19-13(17)15-8-4-6-10(15)12(16)11-7-5-9-18-11/h5,7,9-10H,4,6,8H2,1-3H3/t10-/m1/s1. The monoisotopic (exact) mass is 265 g/mol. The number of furan rings is 1. The number of ketones is 1. The van der Waals surface area contributed by atoms with Crippen LogP contribution in [0.5, 0.6) is 0 Å². The number of hydrogen-bond donors (Lipinski definition) is 0. The molecule has 2 rings (SSSR count). The molecule has 0 radical (unpaired) electrons. The Labute approximate surface area is 112 Å². The quantitative estimate of drug-likeness (QED) is 0.771. The molecule has 0 unspecified atom stereocenters. The molecule has 0 N–H and O–H groups in total. The molecule has 1 fully saturated rings. The van der Waals surface area contributed by atoms with E-state index in [1.807, 2.05) is 20.8 Å². The third kappa shape index (κ3) is 3.16. The number of carbonyl (C=O) groups is 2. The molecule has 5 heteroatoms. The van der Waals surface area contributed by atoms with E-state index in [0.29, 0.717) is 18.7 Å². The van der Waals surface area contributed by atoms with Crippen molar-refractivity contribution in [3.63, 3.8) is 0 Å². The molecular formula is C14H19NO4. The largest absolute Gasteiger partial charge is 0.461 e. The third-order valence-corrected chi connectivity index (χ3v) is 2.95. The van der Waals surface area contributed by atoms with Crippen molar-refractivity contribution >= 4 is 11.9 Å². The smallest absolute Gasteiger partial charge is 0.410 e. The van der Waals surface area contributed by atoms with E-state index in [9.17, 15) is 9.59 Å². The Hall–Kier alpha value is -1.78. The maximum Gasteiger partial charge on any atom is 0.410 e. The molecule has 1 amide bonds. The van der Waals surface area contributed by atoms with E-state index in [-0.39, 0.29) is 5.78 Å². The van der Waals surface area contributed by atoms with E-state index >= 15 is 0 Å². The number of likely N-dealkylation sites (tertiary alicyclic amines) is 1. The second-order valence-corrected chi connectivity index (χ2v) is 5.67. The summed E-state index contributed by atoms with van der Waals surface area (Å²) in [5, 5.41) is 0. The highest BCUT2D eigenvalue weighted by atomic mass is 16.6. The highest BCUT2D eigenvalue weighted by Crippen LogP contribution is 2.23. The lowest BCUT2D eigenvalue weighted by Crippen LogP contribution is -2.43. The molecule has 1 aliphatic rings. The zero-order valence-electron chi connectivity index (χ0n) is 11.5. The van der Waals surface area contributed by atoms with Gasteiger partial charge in [-0.3, -0.25) is 9.69 Å². The van der Waals surface area contributed by atoms with E-state index in [0.717, 1.165) is 6.42 Å². The van der Waals surface area contributed by atoms with Gasteiger partial charge in [-0.25, -0.2) is 4.79 Å². The first-order chi connectivity index (χ1) is 8.88. The van der Waals surface area contributed by atoms with Crippen LogP contribution in [0, 0.1) is 0 Å². The van der Waals surface area contributed by atoms with Crippen LogP contribution in [0.1, 0.15) is 44.2 Å². The summed E-state index contributed by atoms with van der Waals surface area (Å²) in [6.45, 7) is 5.98. The SMILES string of the molecule is CC(C)(C)OC(=O)N1CCC[C@@H]1C(=O)c1ccco1. The Morgan fingerprint density at radius 1 is 1.42 bits per heavy atom. The van der Waals surface area contributed by atoms with Crippen LogP contribution in [0.4, 0.5) is 4.79 Å². The molecule has 5 nitrogen and oxygen atoms in total. The topological polar surface area (TPSA) is 59.8 Å². The van der Waals surface area contributed by atoms with Gasteiger partial charge in [-0.05, 0) is 45.7 Å². The van der Waals surface area contributed by atoms with Crippen LogP contribution >= 0.6 is 0 Å². The average Bonchev–Trinajstić information content (AvgIpc) is 2.97. The van der Waals surface area contributed by atoms with Gasteiger partial charge in [-0.15, -0.1) is 0 Å². The Bertz CT molecular complexity index is 458. The number of amides is 1. The number of hydrogen-bond acceptors (Lipinski definition) is 4. The van der Waals surface area contributed by atoms with E-state index in [2.05, 4.69) is 0 Å². The van der Waals surface area contributed by atoms with Crippen molar-refractivity contribution < 1.29 is 18.7 Å². The number of nitrogens with zero attached hydrogens (tertiary/aromatic N) is 1. The van der Waals surface area contributed by atoms with Crippen molar-refractivity contribution in [3.05, 3.63) is 24.2 Å². The molecule has 1 atom stereocenters. The van der Waals surface area contributed by atoms with Crippen LogP contribution in [-0.2, 0) is 4.74 Å². The van der Waals surface area contributed by atoms with Gasteiger partial charge in [0.2, 0.25) is 5.78 Å². The van der Waals surface area contributed by atoms with E-state index in [1.165, 1.54) is 11.2 Å². The molecule has 1 aromatic rings. The first kappa shape index (κ1) is 13.6. The number of ether oxygens (including phenoxy) is 1. The van der Waals surface area contributed by atoms with Crippen molar-refractivity contribution in [2.75, 3.05) is 6.54 Å². The van der Waals surface area contributed by atoms with Crippen molar-refractivity contribution in [1.82, 2.24) is 4.90 Å². The Balaban J connectivity index is 2.09. The summed E-state index contributed by atoms with van der Waals surface area (Å²) in [4.78, 5) is 25.8. The minimum atomic E-state index is -0.558. The zero-order chi connectivity index (χ0) is 14.0. The van der Waals surface area contributed by atoms with E-state index in [1.54, 1.807) is 12.1 Å². The van der Waals surface area contributed by atoms with Crippen LogP contribution in [0.2, 0.25) is 0 Å². The fourth-order valence-corrected chi connectivity index (χ4v) is 2.16. The minimum absolute atomic E-state index is 0.159. The average molecular weight is 265 g/mol. The summed E-state index contributed by atoms with van der Waals surface area (Å²) in [5.74, 6) is 0.133. The Morgan fingerprint density at radius 2 is 2.16 bits per heavy atom. The molecule has 0 bridgehead atoms. The normalized spacial score (nSPS) is 19.5. The molecule has 1 saturated heterocycles. The number of rotatable bonds is 2. The molecule has 1 aliphatic heterocycles. The number of carbonyl (C=O) groups excluding carboxylic acids is 2. The van der Waals surface area contributed by atoms with Crippen molar-refractivity contribution in [3.8, 4) is 0 Å². The Kier molecular flexibility index (Phi) is 3.64. The lowest BCUT2D eigenvalue weighted by Gasteiger charge is -2.27. The first-order valence-corrected chi connectivity index (χ1v) is 6.46. The highest BCUT2D eigenvalue weighted by molar-refractivity contribution is 5.99. The molecule has 104 valence electrons. The molecule has 0 aromatic carbocycles. The van der Waals surface area contributed by atoms with Crippen molar-refractivity contribution in [1.29, 1.82) is 0 Å². The summed E-state index contributed by atoms with van der Waals surface area (Å²) >= 11 is 0. The fourth-order valence-electron chi connectivity index (χ4n) is 2.16. The van der Waals surface area contributed by atoms with Crippen LogP contribution in [0.15, 0.2) is 22.8 Å². The van der Waals surface area contributed by atoms with Crippen molar-refractivity contribution in [2.45, 2.75) is 45.3 Å². The summed E-state index contributed by atoms with van der Waals surface area (Å²) in [6.07, 6.45) is 2.48. The third-order valence-electron chi connectivity index (χ3n) is 2.95. The first-order valence-electron chi connectivity index (χ1n) is 6.46. The second-order valence-electron chi connectivity index (χ2n) is 5.67. The number of Topliss-reactive ketones (excluding diaryl/α,β-unsaturated/α-hetero) is 1. The molecule has 0 spiro atoms. The van der Waals surface area contributed by atoms with Crippen LogP contribution < -0.4 is 0 Å². The fraction of sp³-hybridized carbons (Fsp3) is 0.571. The van der Waals surface area contributed by atoms with Gasteiger partial charge in [0.05, 0.1) is 6.26 Å². The van der Waals surface area contributed by atoms with Gasteiger partial charge < -0.3 is 9.15 Å². The predicted octanol–water partition coefficient (Wildman–Crippen LogP) is 2.86.